The Hall–Kier alpha value is -1.18. The average molecular weight is 421 g/mol. The topological polar surface area (TPSA) is 54.9 Å². The fourth-order valence-corrected chi connectivity index (χ4v) is 1.81. The zero-order valence-electron chi connectivity index (χ0n) is 14.3. The summed E-state index contributed by atoms with van der Waals surface area (Å²) in [5, 5.41) is 6.60. The summed E-state index contributed by atoms with van der Waals surface area (Å²) in [6.07, 6.45) is 0. The van der Waals surface area contributed by atoms with Crippen molar-refractivity contribution in [2.24, 2.45) is 4.99 Å². The highest BCUT2D eigenvalue weighted by atomic mass is 127. The van der Waals surface area contributed by atoms with E-state index in [1.165, 1.54) is 0 Å². The van der Waals surface area contributed by atoms with Crippen LogP contribution < -0.4 is 20.1 Å². The van der Waals surface area contributed by atoms with Gasteiger partial charge in [-0.15, -0.1) is 24.0 Å². The molecule has 0 spiro atoms. The molecular formula is C16H28IN3O2. The van der Waals surface area contributed by atoms with Gasteiger partial charge in [0.05, 0.1) is 20.8 Å². The number of benzene rings is 1. The molecule has 5 nitrogen and oxygen atoms in total. The van der Waals surface area contributed by atoms with E-state index in [0.717, 1.165) is 29.6 Å². The highest BCUT2D eigenvalue weighted by Crippen LogP contribution is 2.25. The lowest BCUT2D eigenvalue weighted by molar-refractivity contribution is 0.391. The standard InChI is InChI=1S/C16H27N3O2.HI/c1-7-17-15(19-16(2,3)4)18-11-12-8-9-13(20-5)10-14(12)21-6;/h8-10H,7,11H2,1-6H3,(H2,17,18,19);1H. The molecule has 1 aromatic rings. The number of hydrogen-bond donors (Lipinski definition) is 2. The SMILES string of the molecule is CCNC(=NCc1ccc(OC)cc1OC)NC(C)(C)C.I. The van der Waals surface area contributed by atoms with Gasteiger partial charge < -0.3 is 20.1 Å². The predicted molar refractivity (Wildman–Crippen MR) is 103 cm³/mol. The zero-order chi connectivity index (χ0) is 15.9. The summed E-state index contributed by atoms with van der Waals surface area (Å²) in [7, 11) is 3.30. The van der Waals surface area contributed by atoms with Gasteiger partial charge in [-0.2, -0.15) is 0 Å². The van der Waals surface area contributed by atoms with Crippen molar-refractivity contribution in [3.8, 4) is 11.5 Å². The Labute approximate surface area is 150 Å². The number of nitrogens with one attached hydrogen (secondary N) is 2. The molecule has 2 N–H and O–H groups in total. The fraction of sp³-hybridized carbons (Fsp3) is 0.562. The van der Waals surface area contributed by atoms with Crippen LogP contribution in [0, 0.1) is 0 Å². The van der Waals surface area contributed by atoms with Crippen molar-refractivity contribution < 1.29 is 9.47 Å². The number of guanidine groups is 1. The Balaban J connectivity index is 0.00000441. The van der Waals surface area contributed by atoms with Gasteiger partial charge in [-0.05, 0) is 39.8 Å². The van der Waals surface area contributed by atoms with Crippen molar-refractivity contribution in [1.29, 1.82) is 0 Å². The number of hydrogen-bond acceptors (Lipinski definition) is 3. The molecule has 0 bridgehead atoms. The summed E-state index contributed by atoms with van der Waals surface area (Å²) in [6.45, 7) is 9.73. The quantitative estimate of drug-likeness (QED) is 0.436. The first-order valence-corrected chi connectivity index (χ1v) is 7.17. The summed E-state index contributed by atoms with van der Waals surface area (Å²) < 4.78 is 10.6. The maximum Gasteiger partial charge on any atom is 0.191 e. The number of halogens is 1. The van der Waals surface area contributed by atoms with Crippen molar-refractivity contribution in [1.82, 2.24) is 10.6 Å². The molecule has 1 rings (SSSR count). The lowest BCUT2D eigenvalue weighted by Crippen LogP contribution is -2.47. The van der Waals surface area contributed by atoms with E-state index in [9.17, 15) is 0 Å². The van der Waals surface area contributed by atoms with E-state index in [4.69, 9.17) is 9.47 Å². The van der Waals surface area contributed by atoms with Gasteiger partial charge in [0.25, 0.3) is 0 Å². The Morgan fingerprint density at radius 3 is 2.36 bits per heavy atom. The second-order valence-electron chi connectivity index (χ2n) is 5.75. The Kier molecular flexibility index (Phi) is 9.24. The van der Waals surface area contributed by atoms with Gasteiger partial charge >= 0.3 is 0 Å². The van der Waals surface area contributed by atoms with Crippen LogP contribution in [0.4, 0.5) is 0 Å². The van der Waals surface area contributed by atoms with Crippen LogP contribution >= 0.6 is 24.0 Å². The van der Waals surface area contributed by atoms with Gasteiger partial charge in [0.2, 0.25) is 0 Å². The number of nitrogens with zero attached hydrogens (tertiary/aromatic N) is 1. The van der Waals surface area contributed by atoms with E-state index < -0.39 is 0 Å². The average Bonchev–Trinajstić information content (AvgIpc) is 2.43. The van der Waals surface area contributed by atoms with E-state index >= 15 is 0 Å². The van der Waals surface area contributed by atoms with E-state index in [-0.39, 0.29) is 29.5 Å². The minimum absolute atomic E-state index is 0. The Bertz CT molecular complexity index is 485. The monoisotopic (exact) mass is 421 g/mol. The van der Waals surface area contributed by atoms with Crippen molar-refractivity contribution in [2.45, 2.75) is 39.8 Å². The van der Waals surface area contributed by atoms with Crippen LogP contribution in [0.1, 0.15) is 33.3 Å². The van der Waals surface area contributed by atoms with Crippen LogP contribution in [0.15, 0.2) is 23.2 Å². The molecule has 0 aliphatic carbocycles. The lowest BCUT2D eigenvalue weighted by atomic mass is 10.1. The van der Waals surface area contributed by atoms with Crippen molar-refractivity contribution in [2.75, 3.05) is 20.8 Å². The summed E-state index contributed by atoms with van der Waals surface area (Å²) in [5.74, 6) is 2.35. The second kappa shape index (κ2) is 9.76. The largest absolute Gasteiger partial charge is 0.497 e. The Morgan fingerprint density at radius 2 is 1.86 bits per heavy atom. The lowest BCUT2D eigenvalue weighted by Gasteiger charge is -2.23. The van der Waals surface area contributed by atoms with E-state index in [1.54, 1.807) is 14.2 Å². The summed E-state index contributed by atoms with van der Waals surface area (Å²) in [4.78, 5) is 4.61. The number of rotatable bonds is 5. The normalized spacial score (nSPS) is 11.5. The molecule has 0 saturated heterocycles. The van der Waals surface area contributed by atoms with Crippen molar-refractivity contribution in [3.05, 3.63) is 23.8 Å². The van der Waals surface area contributed by atoms with E-state index in [1.807, 2.05) is 25.1 Å². The summed E-state index contributed by atoms with van der Waals surface area (Å²) in [6, 6.07) is 5.76. The molecule has 22 heavy (non-hydrogen) atoms. The first-order valence-electron chi connectivity index (χ1n) is 7.17. The molecule has 0 unspecified atom stereocenters. The third-order valence-electron chi connectivity index (χ3n) is 2.74. The molecule has 0 radical (unpaired) electrons. The van der Waals surface area contributed by atoms with Crippen molar-refractivity contribution >= 4 is 29.9 Å². The van der Waals surface area contributed by atoms with Crippen molar-refractivity contribution in [3.63, 3.8) is 0 Å². The van der Waals surface area contributed by atoms with Crippen LogP contribution in [-0.2, 0) is 6.54 Å². The minimum Gasteiger partial charge on any atom is -0.497 e. The molecule has 0 aromatic heterocycles. The second-order valence-corrected chi connectivity index (χ2v) is 5.75. The highest BCUT2D eigenvalue weighted by Gasteiger charge is 2.12. The smallest absolute Gasteiger partial charge is 0.191 e. The van der Waals surface area contributed by atoms with Gasteiger partial charge in [-0.1, -0.05) is 0 Å². The molecule has 0 aliphatic rings. The summed E-state index contributed by atoms with van der Waals surface area (Å²) >= 11 is 0. The fourth-order valence-electron chi connectivity index (χ4n) is 1.81. The molecule has 6 heteroatoms. The van der Waals surface area contributed by atoms with Gasteiger partial charge in [0.1, 0.15) is 11.5 Å². The van der Waals surface area contributed by atoms with Gasteiger partial charge in [0.15, 0.2) is 5.96 Å². The number of ether oxygens (including phenoxy) is 2. The molecule has 0 amide bonds. The molecule has 0 heterocycles. The molecular weight excluding hydrogens is 393 g/mol. The number of methoxy groups -OCH3 is 2. The van der Waals surface area contributed by atoms with Gasteiger partial charge in [0, 0.05) is 23.7 Å². The molecule has 126 valence electrons. The van der Waals surface area contributed by atoms with Gasteiger partial charge in [-0.25, -0.2) is 4.99 Å². The van der Waals surface area contributed by atoms with Crippen LogP contribution in [0.3, 0.4) is 0 Å². The first-order chi connectivity index (χ1) is 9.89. The molecule has 1 aromatic carbocycles. The summed E-state index contributed by atoms with van der Waals surface area (Å²) in [5.41, 5.74) is 0.981. The zero-order valence-corrected chi connectivity index (χ0v) is 16.6. The Morgan fingerprint density at radius 1 is 1.18 bits per heavy atom. The third kappa shape index (κ3) is 7.20. The van der Waals surface area contributed by atoms with Crippen LogP contribution in [0.25, 0.3) is 0 Å². The third-order valence-corrected chi connectivity index (χ3v) is 2.74. The molecule has 0 aliphatic heterocycles. The number of aliphatic imine (C=N–C) groups is 1. The predicted octanol–water partition coefficient (Wildman–Crippen LogP) is 3.18. The molecule has 0 saturated carbocycles. The van der Waals surface area contributed by atoms with Crippen LogP contribution in [-0.4, -0.2) is 32.3 Å². The first kappa shape index (κ1) is 20.8. The van der Waals surface area contributed by atoms with Crippen LogP contribution in [0.2, 0.25) is 0 Å². The van der Waals surface area contributed by atoms with E-state index in [2.05, 4.69) is 36.4 Å². The maximum absolute atomic E-state index is 5.39. The van der Waals surface area contributed by atoms with Crippen LogP contribution in [0.5, 0.6) is 11.5 Å². The molecule has 0 fully saturated rings. The van der Waals surface area contributed by atoms with Gasteiger partial charge in [-0.3, -0.25) is 0 Å². The highest BCUT2D eigenvalue weighted by molar-refractivity contribution is 14.0. The van der Waals surface area contributed by atoms with E-state index in [0.29, 0.717) is 6.54 Å². The minimum atomic E-state index is -0.0367. The maximum atomic E-state index is 5.39. The molecule has 0 atom stereocenters.